The minimum Gasteiger partial charge on any atom is -0.497 e. The summed E-state index contributed by atoms with van der Waals surface area (Å²) in [5, 5.41) is 10.1. The van der Waals surface area contributed by atoms with Crippen LogP contribution in [0.3, 0.4) is 0 Å². The van der Waals surface area contributed by atoms with Crippen molar-refractivity contribution in [3.63, 3.8) is 0 Å². The Hall–Kier alpha value is -2.01. The maximum Gasteiger partial charge on any atom is 0.332 e. The molecule has 0 saturated carbocycles. The van der Waals surface area contributed by atoms with Crippen LogP contribution in [0, 0.1) is 0 Å². The highest BCUT2D eigenvalue weighted by Gasteiger charge is 2.17. The monoisotopic (exact) mass is 277 g/mol. The lowest BCUT2D eigenvalue weighted by Gasteiger charge is -2.13. The first-order valence-corrected chi connectivity index (χ1v) is 6.63. The Kier molecular flexibility index (Phi) is 4.63. The number of carboxylic acids is 1. The summed E-state index contributed by atoms with van der Waals surface area (Å²) >= 11 is 0. The molecule has 1 unspecified atom stereocenters. The lowest BCUT2D eigenvalue weighted by molar-refractivity contribution is -0.150. The summed E-state index contributed by atoms with van der Waals surface area (Å²) in [6.45, 7) is 2.81. The number of benzene rings is 1. The average Bonchev–Trinajstić information content (AvgIpc) is 2.85. The van der Waals surface area contributed by atoms with Crippen LogP contribution in [0.15, 0.2) is 30.5 Å². The van der Waals surface area contributed by atoms with Gasteiger partial charge in [-0.05, 0) is 31.2 Å². The van der Waals surface area contributed by atoms with E-state index in [0.29, 0.717) is 19.6 Å². The number of aryl methyl sites for hydroxylation is 1. The summed E-state index contributed by atoms with van der Waals surface area (Å²) in [6.07, 6.45) is 1.64. The standard InChI is InChI=1S/C15H19NO4/c1-3-20-14(15(17)18)7-9-16-8-6-11-10-12(19-2)4-5-13(11)16/h4-6,8,10,14H,3,7,9H2,1-2H3,(H,17,18). The fourth-order valence-corrected chi connectivity index (χ4v) is 2.24. The zero-order valence-corrected chi connectivity index (χ0v) is 11.7. The Morgan fingerprint density at radius 1 is 1.40 bits per heavy atom. The Labute approximate surface area is 117 Å². The number of aromatic nitrogens is 1. The summed E-state index contributed by atoms with van der Waals surface area (Å²) in [4.78, 5) is 11.0. The molecule has 0 aliphatic heterocycles. The van der Waals surface area contributed by atoms with Crippen LogP contribution < -0.4 is 4.74 Å². The molecule has 108 valence electrons. The number of fused-ring (bicyclic) bond motifs is 1. The fraction of sp³-hybridized carbons (Fsp3) is 0.400. The van der Waals surface area contributed by atoms with Crippen LogP contribution in [0.2, 0.25) is 0 Å². The summed E-state index contributed by atoms with van der Waals surface area (Å²) in [6, 6.07) is 7.83. The highest BCUT2D eigenvalue weighted by Crippen LogP contribution is 2.22. The number of nitrogens with zero attached hydrogens (tertiary/aromatic N) is 1. The van der Waals surface area contributed by atoms with Gasteiger partial charge in [0, 0.05) is 36.7 Å². The first-order valence-electron chi connectivity index (χ1n) is 6.63. The minimum atomic E-state index is -0.912. The molecule has 0 bridgehead atoms. The maximum atomic E-state index is 11.0. The zero-order valence-electron chi connectivity index (χ0n) is 11.7. The van der Waals surface area contributed by atoms with Crippen LogP contribution in [-0.4, -0.2) is 35.5 Å². The molecule has 5 heteroatoms. The smallest absolute Gasteiger partial charge is 0.332 e. The van der Waals surface area contributed by atoms with Gasteiger partial charge in [-0.1, -0.05) is 0 Å². The topological polar surface area (TPSA) is 60.7 Å². The lowest BCUT2D eigenvalue weighted by Crippen LogP contribution is -2.25. The molecule has 5 nitrogen and oxygen atoms in total. The highest BCUT2D eigenvalue weighted by atomic mass is 16.5. The SMILES string of the molecule is CCOC(CCn1ccc2cc(OC)ccc21)C(=O)O. The molecule has 2 rings (SSSR count). The molecule has 1 heterocycles. The number of methoxy groups -OCH3 is 1. The molecule has 20 heavy (non-hydrogen) atoms. The molecule has 1 N–H and O–H groups in total. The van der Waals surface area contributed by atoms with E-state index in [9.17, 15) is 4.79 Å². The Morgan fingerprint density at radius 2 is 2.20 bits per heavy atom. The summed E-state index contributed by atoms with van der Waals surface area (Å²) in [5.41, 5.74) is 1.06. The van der Waals surface area contributed by atoms with Crippen molar-refractivity contribution in [1.82, 2.24) is 4.57 Å². The van der Waals surface area contributed by atoms with Gasteiger partial charge in [0.2, 0.25) is 0 Å². The van der Waals surface area contributed by atoms with E-state index >= 15 is 0 Å². The second kappa shape index (κ2) is 6.43. The molecular formula is C15H19NO4. The number of rotatable bonds is 7. The van der Waals surface area contributed by atoms with Crippen molar-refractivity contribution in [2.24, 2.45) is 0 Å². The number of hydrogen-bond donors (Lipinski definition) is 1. The zero-order chi connectivity index (χ0) is 14.5. The van der Waals surface area contributed by atoms with Crippen LogP contribution in [0.25, 0.3) is 10.9 Å². The van der Waals surface area contributed by atoms with Crippen molar-refractivity contribution in [1.29, 1.82) is 0 Å². The summed E-state index contributed by atoms with van der Waals surface area (Å²) in [5.74, 6) is -0.0991. The normalized spacial score (nSPS) is 12.5. The first-order chi connectivity index (χ1) is 9.65. The fourth-order valence-electron chi connectivity index (χ4n) is 2.24. The third-order valence-corrected chi connectivity index (χ3v) is 3.25. The van der Waals surface area contributed by atoms with Gasteiger partial charge in [0.25, 0.3) is 0 Å². The third kappa shape index (κ3) is 3.11. The van der Waals surface area contributed by atoms with Gasteiger partial charge in [-0.25, -0.2) is 4.79 Å². The van der Waals surface area contributed by atoms with E-state index in [0.717, 1.165) is 16.7 Å². The van der Waals surface area contributed by atoms with Gasteiger partial charge in [0.1, 0.15) is 5.75 Å². The van der Waals surface area contributed by atoms with E-state index in [1.807, 2.05) is 35.0 Å². The van der Waals surface area contributed by atoms with Crippen molar-refractivity contribution in [2.75, 3.05) is 13.7 Å². The Bertz CT molecular complexity index is 591. The van der Waals surface area contributed by atoms with Crippen LogP contribution in [0.1, 0.15) is 13.3 Å². The van der Waals surface area contributed by atoms with E-state index in [-0.39, 0.29) is 0 Å². The van der Waals surface area contributed by atoms with E-state index in [2.05, 4.69) is 0 Å². The molecule has 0 aliphatic carbocycles. The molecular weight excluding hydrogens is 258 g/mol. The van der Waals surface area contributed by atoms with Crippen molar-refractivity contribution in [3.8, 4) is 5.75 Å². The molecule has 1 aromatic heterocycles. The van der Waals surface area contributed by atoms with Crippen molar-refractivity contribution in [3.05, 3.63) is 30.5 Å². The van der Waals surface area contributed by atoms with Crippen LogP contribution >= 0.6 is 0 Å². The molecule has 0 radical (unpaired) electrons. The van der Waals surface area contributed by atoms with Gasteiger partial charge < -0.3 is 19.1 Å². The predicted octanol–water partition coefficient (Wildman–Crippen LogP) is 2.53. The van der Waals surface area contributed by atoms with Gasteiger partial charge in [-0.3, -0.25) is 0 Å². The van der Waals surface area contributed by atoms with Gasteiger partial charge in [0.05, 0.1) is 7.11 Å². The highest BCUT2D eigenvalue weighted by molar-refractivity contribution is 5.81. The molecule has 0 fully saturated rings. The largest absolute Gasteiger partial charge is 0.497 e. The quantitative estimate of drug-likeness (QED) is 0.844. The van der Waals surface area contributed by atoms with E-state index < -0.39 is 12.1 Å². The maximum absolute atomic E-state index is 11.0. The van der Waals surface area contributed by atoms with Crippen LogP contribution in [0.4, 0.5) is 0 Å². The molecule has 2 aromatic rings. The predicted molar refractivity (Wildman–Crippen MR) is 76.2 cm³/mol. The lowest BCUT2D eigenvalue weighted by atomic mass is 10.2. The van der Waals surface area contributed by atoms with E-state index in [1.165, 1.54) is 0 Å². The molecule has 1 atom stereocenters. The molecule has 1 aromatic carbocycles. The van der Waals surface area contributed by atoms with E-state index in [4.69, 9.17) is 14.6 Å². The van der Waals surface area contributed by atoms with Crippen molar-refractivity contribution >= 4 is 16.9 Å². The van der Waals surface area contributed by atoms with Crippen molar-refractivity contribution < 1.29 is 19.4 Å². The van der Waals surface area contributed by atoms with Gasteiger partial charge in [0.15, 0.2) is 6.10 Å². The minimum absolute atomic E-state index is 0.403. The van der Waals surface area contributed by atoms with E-state index in [1.54, 1.807) is 14.0 Å². The number of hydrogen-bond acceptors (Lipinski definition) is 3. The third-order valence-electron chi connectivity index (χ3n) is 3.25. The molecule has 0 saturated heterocycles. The van der Waals surface area contributed by atoms with Gasteiger partial charge in [-0.15, -0.1) is 0 Å². The number of ether oxygens (including phenoxy) is 2. The van der Waals surface area contributed by atoms with Gasteiger partial charge >= 0.3 is 5.97 Å². The number of carbonyl (C=O) groups is 1. The number of aliphatic carboxylic acids is 1. The Morgan fingerprint density at radius 3 is 2.85 bits per heavy atom. The molecule has 0 spiro atoms. The second-order valence-electron chi connectivity index (χ2n) is 4.50. The Balaban J connectivity index is 2.11. The van der Waals surface area contributed by atoms with Crippen molar-refractivity contribution in [2.45, 2.75) is 26.0 Å². The molecule has 0 amide bonds. The summed E-state index contributed by atoms with van der Waals surface area (Å²) in [7, 11) is 1.64. The van der Waals surface area contributed by atoms with Crippen LogP contribution in [-0.2, 0) is 16.1 Å². The first kappa shape index (κ1) is 14.4. The van der Waals surface area contributed by atoms with Gasteiger partial charge in [-0.2, -0.15) is 0 Å². The summed E-state index contributed by atoms with van der Waals surface area (Å²) < 4.78 is 12.4. The second-order valence-corrected chi connectivity index (χ2v) is 4.50. The van der Waals surface area contributed by atoms with Crippen LogP contribution in [0.5, 0.6) is 5.75 Å². The number of carboxylic acid groups (broad SMARTS) is 1. The molecule has 0 aliphatic rings. The average molecular weight is 277 g/mol.